The molecule has 4 aromatic carbocycles. The minimum absolute atomic E-state index is 0.354. The molecule has 33 heavy (non-hydrogen) atoms. The number of esters is 1. The average Bonchev–Trinajstić information content (AvgIpc) is 3.14. The third-order valence-electron chi connectivity index (χ3n) is 6.36. The van der Waals surface area contributed by atoms with Crippen LogP contribution < -0.4 is 9.64 Å². The largest absolute Gasteiger partial charge is 0.456 e. The van der Waals surface area contributed by atoms with Crippen molar-refractivity contribution in [3.8, 4) is 11.5 Å². The third-order valence-corrected chi connectivity index (χ3v) is 6.59. The second-order valence-electron chi connectivity index (χ2n) is 8.09. The van der Waals surface area contributed by atoms with Crippen molar-refractivity contribution in [1.29, 1.82) is 0 Å². The lowest BCUT2D eigenvalue weighted by atomic mass is 9.77. The number of carbonyl (C=O) groups excluding carboxylic acids is 1. The second kappa shape index (κ2) is 7.39. The zero-order chi connectivity index (χ0) is 22.6. The lowest BCUT2D eigenvalue weighted by Gasteiger charge is -2.36. The molecule has 0 amide bonds. The van der Waals surface area contributed by atoms with Gasteiger partial charge in [0.25, 0.3) is 0 Å². The predicted octanol–water partition coefficient (Wildman–Crippen LogP) is 7.07. The molecule has 4 aromatic rings. The molecule has 2 heterocycles. The van der Waals surface area contributed by atoms with E-state index in [1.165, 1.54) is 0 Å². The Hall–Kier alpha value is -3.76. The van der Waals surface area contributed by atoms with Crippen LogP contribution in [0.2, 0.25) is 5.02 Å². The van der Waals surface area contributed by atoms with Gasteiger partial charge in [-0.3, -0.25) is 0 Å². The molecule has 0 radical (unpaired) electrons. The van der Waals surface area contributed by atoms with E-state index < -0.39 is 5.60 Å². The zero-order valence-corrected chi connectivity index (χ0v) is 18.7. The molecule has 0 saturated carbocycles. The van der Waals surface area contributed by atoms with Gasteiger partial charge in [0.1, 0.15) is 11.5 Å². The highest BCUT2D eigenvalue weighted by Crippen LogP contribution is 2.57. The van der Waals surface area contributed by atoms with Crippen molar-refractivity contribution in [2.24, 2.45) is 0 Å². The van der Waals surface area contributed by atoms with Gasteiger partial charge in [0, 0.05) is 33.9 Å². The summed E-state index contributed by atoms with van der Waals surface area (Å²) < 4.78 is 12.5. The van der Waals surface area contributed by atoms with Gasteiger partial charge in [0.05, 0.1) is 11.3 Å². The SMILES string of the molecule is CCN(c1ccccc1)c1cccc2c1C(=O)OC21c2ccccc2Oc2cc(Cl)ccc21. The fraction of sp³-hybridized carbons (Fsp3) is 0.107. The molecule has 0 N–H and O–H groups in total. The molecule has 162 valence electrons. The maximum Gasteiger partial charge on any atom is 0.342 e. The Bertz CT molecular complexity index is 1400. The Morgan fingerprint density at radius 3 is 2.36 bits per heavy atom. The van der Waals surface area contributed by atoms with Gasteiger partial charge in [-0.25, -0.2) is 4.79 Å². The zero-order valence-electron chi connectivity index (χ0n) is 17.9. The van der Waals surface area contributed by atoms with E-state index in [-0.39, 0.29) is 5.97 Å². The van der Waals surface area contributed by atoms with E-state index in [2.05, 4.69) is 11.8 Å². The Balaban J connectivity index is 1.64. The number of hydrogen-bond acceptors (Lipinski definition) is 4. The number of fused-ring (bicyclic) bond motifs is 6. The van der Waals surface area contributed by atoms with Crippen molar-refractivity contribution in [3.63, 3.8) is 0 Å². The molecule has 0 saturated heterocycles. The Labute approximate surface area is 197 Å². The van der Waals surface area contributed by atoms with Gasteiger partial charge in [-0.1, -0.05) is 60.1 Å². The summed E-state index contributed by atoms with van der Waals surface area (Å²) in [5, 5.41) is 0.558. The summed E-state index contributed by atoms with van der Waals surface area (Å²) in [6.07, 6.45) is 0. The van der Waals surface area contributed by atoms with Crippen molar-refractivity contribution in [3.05, 3.63) is 118 Å². The standard InChI is InChI=1S/C28H20ClNO3/c1-2-30(19-9-4-3-5-10-19)23-13-8-12-22-26(23)27(31)33-28(22)20-11-6-7-14-24(20)32-25-17-18(29)15-16-21(25)28/h3-17H,2H2,1H3. The summed E-state index contributed by atoms with van der Waals surface area (Å²) >= 11 is 6.29. The quantitative estimate of drug-likeness (QED) is 0.311. The van der Waals surface area contributed by atoms with Crippen molar-refractivity contribution < 1.29 is 14.3 Å². The normalized spacial score (nSPS) is 17.6. The van der Waals surface area contributed by atoms with E-state index in [0.29, 0.717) is 28.6 Å². The number of benzene rings is 4. The first kappa shape index (κ1) is 19.9. The van der Waals surface area contributed by atoms with Crippen molar-refractivity contribution in [1.82, 2.24) is 0 Å². The van der Waals surface area contributed by atoms with Crippen LogP contribution in [0, 0.1) is 0 Å². The number of rotatable bonds is 3. The van der Waals surface area contributed by atoms with Gasteiger partial charge in [-0.2, -0.15) is 0 Å². The van der Waals surface area contributed by atoms with Crippen LogP contribution in [0.1, 0.15) is 34.0 Å². The van der Waals surface area contributed by atoms with Crippen LogP contribution >= 0.6 is 11.6 Å². The fourth-order valence-electron chi connectivity index (χ4n) is 5.00. The summed E-state index contributed by atoms with van der Waals surface area (Å²) in [6, 6.07) is 29.1. The van der Waals surface area contributed by atoms with Crippen molar-refractivity contribution in [2.75, 3.05) is 11.4 Å². The Morgan fingerprint density at radius 2 is 1.55 bits per heavy atom. The third kappa shape index (κ3) is 2.81. The summed E-state index contributed by atoms with van der Waals surface area (Å²) in [6.45, 7) is 2.77. The minimum Gasteiger partial charge on any atom is -0.456 e. The average molecular weight is 454 g/mol. The molecular formula is C28H20ClNO3. The molecule has 0 fully saturated rings. The first-order valence-corrected chi connectivity index (χ1v) is 11.3. The van der Waals surface area contributed by atoms with Crippen LogP contribution in [0.25, 0.3) is 0 Å². The smallest absolute Gasteiger partial charge is 0.342 e. The molecule has 5 heteroatoms. The van der Waals surface area contributed by atoms with E-state index in [0.717, 1.165) is 28.1 Å². The van der Waals surface area contributed by atoms with E-state index in [1.54, 1.807) is 12.1 Å². The molecule has 2 aliphatic rings. The second-order valence-corrected chi connectivity index (χ2v) is 8.53. The van der Waals surface area contributed by atoms with E-state index in [1.807, 2.05) is 78.9 Å². The highest BCUT2D eigenvalue weighted by molar-refractivity contribution is 6.30. The van der Waals surface area contributed by atoms with Gasteiger partial charge in [0.2, 0.25) is 0 Å². The van der Waals surface area contributed by atoms with Crippen LogP contribution in [-0.4, -0.2) is 12.5 Å². The molecule has 4 nitrogen and oxygen atoms in total. The van der Waals surface area contributed by atoms with Gasteiger partial charge in [-0.05, 0) is 49.4 Å². The van der Waals surface area contributed by atoms with E-state index >= 15 is 0 Å². The van der Waals surface area contributed by atoms with E-state index in [9.17, 15) is 4.79 Å². The van der Waals surface area contributed by atoms with Crippen LogP contribution in [-0.2, 0) is 10.3 Å². The molecule has 0 bridgehead atoms. The van der Waals surface area contributed by atoms with Crippen molar-refractivity contribution >= 4 is 28.9 Å². The molecule has 1 spiro atoms. The first-order chi connectivity index (χ1) is 16.1. The number of halogens is 1. The van der Waals surface area contributed by atoms with Crippen LogP contribution in [0.4, 0.5) is 11.4 Å². The van der Waals surface area contributed by atoms with Crippen molar-refractivity contribution in [2.45, 2.75) is 12.5 Å². The number of carbonyl (C=O) groups is 1. The maximum atomic E-state index is 13.6. The maximum absolute atomic E-state index is 13.6. The number of hydrogen-bond donors (Lipinski definition) is 0. The number of nitrogens with zero attached hydrogens (tertiary/aromatic N) is 1. The van der Waals surface area contributed by atoms with Crippen LogP contribution in [0.3, 0.4) is 0 Å². The van der Waals surface area contributed by atoms with Gasteiger partial charge < -0.3 is 14.4 Å². The fourth-order valence-corrected chi connectivity index (χ4v) is 5.16. The molecule has 1 atom stereocenters. The predicted molar refractivity (Wildman–Crippen MR) is 129 cm³/mol. The number of anilines is 2. The molecule has 6 rings (SSSR count). The molecule has 2 aliphatic heterocycles. The van der Waals surface area contributed by atoms with Gasteiger partial charge >= 0.3 is 5.97 Å². The van der Waals surface area contributed by atoms with Gasteiger partial charge in [-0.15, -0.1) is 0 Å². The monoisotopic (exact) mass is 453 g/mol. The molecule has 1 unspecified atom stereocenters. The lowest BCUT2D eigenvalue weighted by Crippen LogP contribution is -2.32. The molecular weight excluding hydrogens is 434 g/mol. The topological polar surface area (TPSA) is 38.8 Å². The molecule has 0 aliphatic carbocycles. The minimum atomic E-state index is -1.10. The summed E-state index contributed by atoms with van der Waals surface area (Å²) in [4.78, 5) is 15.7. The lowest BCUT2D eigenvalue weighted by molar-refractivity contribution is 0.0225. The Kier molecular flexibility index (Phi) is 4.46. The first-order valence-electron chi connectivity index (χ1n) is 10.9. The highest BCUT2D eigenvalue weighted by atomic mass is 35.5. The number of ether oxygens (including phenoxy) is 2. The Morgan fingerprint density at radius 1 is 0.818 bits per heavy atom. The van der Waals surface area contributed by atoms with E-state index in [4.69, 9.17) is 21.1 Å². The summed E-state index contributed by atoms with van der Waals surface area (Å²) in [7, 11) is 0. The van der Waals surface area contributed by atoms with Gasteiger partial charge in [0.15, 0.2) is 5.60 Å². The molecule has 0 aromatic heterocycles. The number of para-hydroxylation sites is 2. The van der Waals surface area contributed by atoms with Crippen LogP contribution in [0.15, 0.2) is 91.0 Å². The van der Waals surface area contributed by atoms with Crippen LogP contribution in [0.5, 0.6) is 11.5 Å². The summed E-state index contributed by atoms with van der Waals surface area (Å²) in [5.74, 6) is 0.879. The highest BCUT2D eigenvalue weighted by Gasteiger charge is 2.54. The summed E-state index contributed by atoms with van der Waals surface area (Å²) in [5.41, 5.74) is 3.67.